The Morgan fingerprint density at radius 2 is 1.71 bits per heavy atom. The third kappa shape index (κ3) is 5.91. The van der Waals surface area contributed by atoms with Crippen LogP contribution in [0.1, 0.15) is 11.1 Å². The number of aliphatic carboxylic acids is 1. The van der Waals surface area contributed by atoms with Crippen molar-refractivity contribution < 1.29 is 40.6 Å². The molecule has 34 heavy (non-hydrogen) atoms. The van der Waals surface area contributed by atoms with Gasteiger partial charge in [0.1, 0.15) is 11.6 Å². The van der Waals surface area contributed by atoms with E-state index in [9.17, 15) is 30.8 Å². The van der Waals surface area contributed by atoms with E-state index in [0.29, 0.717) is 5.56 Å². The monoisotopic (exact) mass is 497 g/mol. The molecule has 0 spiro atoms. The van der Waals surface area contributed by atoms with Crippen LogP contribution in [0.5, 0.6) is 5.75 Å². The lowest BCUT2D eigenvalue weighted by molar-refractivity contribution is -0.139. The molecule has 0 aliphatic heterocycles. The molecular formula is C23H19F4NO5S. The van der Waals surface area contributed by atoms with Gasteiger partial charge in [0, 0.05) is 19.2 Å². The maximum atomic E-state index is 13.2. The lowest BCUT2D eigenvalue weighted by Gasteiger charge is -2.19. The van der Waals surface area contributed by atoms with Crippen LogP contribution in [0.2, 0.25) is 0 Å². The van der Waals surface area contributed by atoms with E-state index in [0.717, 1.165) is 40.7 Å². The molecule has 6 nitrogen and oxygen atoms in total. The van der Waals surface area contributed by atoms with Gasteiger partial charge in [-0.25, -0.2) is 17.6 Å². The normalized spacial score (nSPS) is 12.1. The van der Waals surface area contributed by atoms with Gasteiger partial charge in [0.25, 0.3) is 0 Å². The molecule has 0 bridgehead atoms. The third-order valence-corrected chi connectivity index (χ3v) is 6.64. The smallest absolute Gasteiger partial charge is 0.416 e. The number of hydrogen-bond acceptors (Lipinski definition) is 4. The second kappa shape index (κ2) is 9.82. The zero-order valence-electron chi connectivity index (χ0n) is 17.7. The molecule has 0 aliphatic rings. The van der Waals surface area contributed by atoms with Gasteiger partial charge in [0.05, 0.1) is 10.5 Å². The number of nitrogens with zero attached hydrogens (tertiary/aromatic N) is 1. The van der Waals surface area contributed by atoms with Gasteiger partial charge in [-0.3, -0.25) is 0 Å². The average Bonchev–Trinajstić information content (AvgIpc) is 2.78. The summed E-state index contributed by atoms with van der Waals surface area (Å²) in [6.07, 6.45) is -4.60. The van der Waals surface area contributed by atoms with Crippen molar-refractivity contribution in [2.75, 3.05) is 13.7 Å². The molecule has 0 heterocycles. The number of halogens is 4. The summed E-state index contributed by atoms with van der Waals surface area (Å²) in [5.41, 5.74) is -0.225. The summed E-state index contributed by atoms with van der Waals surface area (Å²) in [6.45, 7) is -0.880. The third-order valence-electron chi connectivity index (χ3n) is 4.82. The van der Waals surface area contributed by atoms with Crippen LogP contribution in [0, 0.1) is 5.82 Å². The van der Waals surface area contributed by atoms with Gasteiger partial charge in [-0.15, -0.1) is 0 Å². The first kappa shape index (κ1) is 25.2. The molecule has 1 N–H and O–H groups in total. The van der Waals surface area contributed by atoms with E-state index in [4.69, 9.17) is 9.84 Å². The topological polar surface area (TPSA) is 83.9 Å². The van der Waals surface area contributed by atoms with Crippen molar-refractivity contribution in [3.63, 3.8) is 0 Å². The second-order valence-electron chi connectivity index (χ2n) is 7.31. The Labute approximate surface area is 193 Å². The summed E-state index contributed by atoms with van der Waals surface area (Å²) in [5.74, 6) is -1.84. The maximum absolute atomic E-state index is 13.2. The fraction of sp³-hybridized carbons (Fsp3) is 0.174. The Bertz CT molecular complexity index is 1290. The van der Waals surface area contributed by atoms with Gasteiger partial charge in [0.2, 0.25) is 10.0 Å². The minimum Gasteiger partial charge on any atom is -0.481 e. The largest absolute Gasteiger partial charge is 0.481 e. The zero-order chi connectivity index (χ0) is 25.1. The van der Waals surface area contributed by atoms with Gasteiger partial charge in [-0.2, -0.15) is 17.5 Å². The van der Waals surface area contributed by atoms with E-state index < -0.39 is 40.2 Å². The van der Waals surface area contributed by atoms with Crippen molar-refractivity contribution in [3.05, 3.63) is 83.7 Å². The van der Waals surface area contributed by atoms with Crippen LogP contribution in [0.4, 0.5) is 17.6 Å². The summed E-state index contributed by atoms with van der Waals surface area (Å²) in [5, 5.41) is 8.90. The summed E-state index contributed by atoms with van der Waals surface area (Å²) < 4.78 is 84.6. The number of sulfonamides is 1. The van der Waals surface area contributed by atoms with E-state index in [1.54, 1.807) is 0 Å². The van der Waals surface area contributed by atoms with E-state index in [1.807, 2.05) is 0 Å². The van der Waals surface area contributed by atoms with Crippen molar-refractivity contribution in [3.8, 4) is 16.9 Å². The van der Waals surface area contributed by atoms with Crippen LogP contribution in [0.15, 0.2) is 71.6 Å². The van der Waals surface area contributed by atoms with Crippen molar-refractivity contribution in [1.82, 2.24) is 4.31 Å². The molecule has 0 fully saturated rings. The van der Waals surface area contributed by atoms with Gasteiger partial charge < -0.3 is 9.84 Å². The van der Waals surface area contributed by atoms with Crippen molar-refractivity contribution in [2.24, 2.45) is 0 Å². The van der Waals surface area contributed by atoms with E-state index in [-0.39, 0.29) is 28.3 Å². The quantitative estimate of drug-likeness (QED) is 0.453. The van der Waals surface area contributed by atoms with Gasteiger partial charge >= 0.3 is 12.1 Å². The van der Waals surface area contributed by atoms with Crippen LogP contribution in [0.3, 0.4) is 0 Å². The number of hydrogen-bond donors (Lipinski definition) is 1. The number of carboxylic acid groups (broad SMARTS) is 1. The molecule has 11 heteroatoms. The Morgan fingerprint density at radius 3 is 2.32 bits per heavy atom. The fourth-order valence-corrected chi connectivity index (χ4v) is 4.32. The lowest BCUT2D eigenvalue weighted by Crippen LogP contribution is -2.26. The molecular weight excluding hydrogens is 478 g/mol. The van der Waals surface area contributed by atoms with Crippen LogP contribution in [-0.2, 0) is 27.5 Å². The highest BCUT2D eigenvalue weighted by Crippen LogP contribution is 2.36. The van der Waals surface area contributed by atoms with Crippen LogP contribution in [-0.4, -0.2) is 37.5 Å². The Hall–Kier alpha value is -3.44. The predicted octanol–water partition coefficient (Wildman–Crippen LogP) is 4.80. The molecule has 3 rings (SSSR count). The highest BCUT2D eigenvalue weighted by atomic mass is 32.2. The fourth-order valence-electron chi connectivity index (χ4n) is 3.16. The Balaban J connectivity index is 1.98. The van der Waals surface area contributed by atoms with Crippen LogP contribution in [0.25, 0.3) is 11.1 Å². The molecule has 3 aromatic carbocycles. The summed E-state index contributed by atoms with van der Waals surface area (Å²) in [7, 11) is -2.68. The standard InChI is InChI=1S/C23H19F4NO5S/c1-28(34(31,32)19-8-6-18(24)7-9-19)13-15-5-10-21(33-14-22(29)30)20(11-15)16-3-2-4-17(12-16)23(25,26)27/h2-12H,13-14H2,1H3,(H,29,30). The molecule has 0 unspecified atom stereocenters. The highest BCUT2D eigenvalue weighted by molar-refractivity contribution is 7.89. The average molecular weight is 497 g/mol. The molecule has 0 aliphatic carbocycles. The van der Waals surface area contributed by atoms with Gasteiger partial charge in [0.15, 0.2) is 6.61 Å². The number of carbonyl (C=O) groups is 1. The number of carboxylic acids is 1. The van der Waals surface area contributed by atoms with Crippen LogP contribution >= 0.6 is 0 Å². The van der Waals surface area contributed by atoms with Crippen molar-refractivity contribution in [2.45, 2.75) is 17.6 Å². The Kier molecular flexibility index (Phi) is 7.27. The predicted molar refractivity (Wildman–Crippen MR) is 115 cm³/mol. The summed E-state index contributed by atoms with van der Waals surface area (Å²) in [6, 6.07) is 13.0. The van der Waals surface area contributed by atoms with Crippen LogP contribution < -0.4 is 4.74 Å². The second-order valence-corrected chi connectivity index (χ2v) is 9.35. The highest BCUT2D eigenvalue weighted by Gasteiger charge is 2.30. The number of ether oxygens (including phenoxy) is 1. The maximum Gasteiger partial charge on any atom is 0.416 e. The summed E-state index contributed by atoms with van der Waals surface area (Å²) >= 11 is 0. The van der Waals surface area contributed by atoms with E-state index in [1.165, 1.54) is 37.4 Å². The minimum atomic E-state index is -4.60. The Morgan fingerprint density at radius 1 is 1.03 bits per heavy atom. The van der Waals surface area contributed by atoms with Crippen molar-refractivity contribution in [1.29, 1.82) is 0 Å². The first-order valence-electron chi connectivity index (χ1n) is 9.75. The van der Waals surface area contributed by atoms with Crippen molar-refractivity contribution >= 4 is 16.0 Å². The summed E-state index contributed by atoms with van der Waals surface area (Å²) in [4.78, 5) is 10.8. The van der Waals surface area contributed by atoms with E-state index >= 15 is 0 Å². The molecule has 0 saturated carbocycles. The molecule has 0 saturated heterocycles. The molecule has 180 valence electrons. The molecule has 0 aromatic heterocycles. The number of rotatable bonds is 8. The first-order chi connectivity index (χ1) is 15.9. The molecule has 0 radical (unpaired) electrons. The van der Waals surface area contributed by atoms with Gasteiger partial charge in [-0.05, 0) is 59.7 Å². The lowest BCUT2D eigenvalue weighted by atomic mass is 9.99. The molecule has 0 atom stereocenters. The first-order valence-corrected chi connectivity index (χ1v) is 11.2. The zero-order valence-corrected chi connectivity index (χ0v) is 18.5. The minimum absolute atomic E-state index is 0.0227. The molecule has 3 aromatic rings. The molecule has 0 amide bonds. The van der Waals surface area contributed by atoms with E-state index in [2.05, 4.69) is 0 Å². The SMILES string of the molecule is CN(Cc1ccc(OCC(=O)O)c(-c2cccc(C(F)(F)F)c2)c1)S(=O)(=O)c1ccc(F)cc1. The number of alkyl halides is 3. The van der Waals surface area contributed by atoms with Gasteiger partial charge in [-0.1, -0.05) is 18.2 Å². The number of benzene rings is 3.